The van der Waals surface area contributed by atoms with Crippen LogP contribution >= 0.6 is 0 Å². The van der Waals surface area contributed by atoms with Gasteiger partial charge in [0.25, 0.3) is 0 Å². The molecule has 2 fully saturated rings. The molecule has 3 N–H and O–H groups in total. The molecule has 3 rings (SSSR count). The quantitative estimate of drug-likeness (QED) is 0.693. The molecule has 25 heavy (non-hydrogen) atoms. The number of benzene rings is 1. The number of carbonyl (C=O) groups excluding carboxylic acids is 2. The number of amides is 3. The van der Waals surface area contributed by atoms with Crippen LogP contribution in [0.5, 0.6) is 5.75 Å². The van der Waals surface area contributed by atoms with Crippen LogP contribution in [0.4, 0.5) is 4.79 Å². The molecule has 6 nitrogen and oxygen atoms in total. The van der Waals surface area contributed by atoms with Gasteiger partial charge in [-0.05, 0) is 31.7 Å². The summed E-state index contributed by atoms with van der Waals surface area (Å²) in [5.74, 6) is 0.828. The second-order valence-corrected chi connectivity index (χ2v) is 6.68. The Balaban J connectivity index is 1.55. The van der Waals surface area contributed by atoms with E-state index in [-0.39, 0.29) is 23.5 Å². The van der Waals surface area contributed by atoms with Gasteiger partial charge in [-0.15, -0.1) is 0 Å². The number of hydrogen-bond acceptors (Lipinski definition) is 3. The number of ether oxygens (including phenoxy) is 1. The lowest BCUT2D eigenvalue weighted by Crippen LogP contribution is -2.69. The summed E-state index contributed by atoms with van der Waals surface area (Å²) in [6.45, 7) is 4.45. The molecule has 1 aliphatic carbocycles. The van der Waals surface area contributed by atoms with Crippen LogP contribution in [-0.4, -0.2) is 30.1 Å². The second kappa shape index (κ2) is 7.59. The first-order valence-electron chi connectivity index (χ1n) is 8.80. The summed E-state index contributed by atoms with van der Waals surface area (Å²) in [6.07, 6.45) is 5.80. The van der Waals surface area contributed by atoms with Crippen LogP contribution in [0, 0.1) is 0 Å². The highest BCUT2D eigenvalue weighted by atomic mass is 16.5. The Morgan fingerprint density at radius 2 is 2.20 bits per heavy atom. The van der Waals surface area contributed by atoms with Gasteiger partial charge < -0.3 is 20.7 Å². The number of nitrogens with one attached hydrogen (secondary N) is 3. The number of para-hydroxylation sites is 1. The molecule has 1 heterocycles. The maximum absolute atomic E-state index is 12.3. The first kappa shape index (κ1) is 17.3. The van der Waals surface area contributed by atoms with Gasteiger partial charge in [0.05, 0.1) is 11.6 Å². The standard InChI is InChI=1S/C19H25N3O3/c1-2-12-25-15-7-4-3-6-14(15)13-20-18(24)21-16-8-9-17(23)22-19(16)10-5-11-19/h2-4,6-7,16H,1,5,8-13H2,(H,22,23)(H2,20,21,24). The minimum Gasteiger partial charge on any atom is -0.489 e. The lowest BCUT2D eigenvalue weighted by molar-refractivity contribution is -0.127. The average molecular weight is 343 g/mol. The SMILES string of the molecule is C=CCOc1ccccc1CNC(=O)NC1CCC(=O)NC12CCC2. The van der Waals surface area contributed by atoms with Gasteiger partial charge in [-0.2, -0.15) is 0 Å². The van der Waals surface area contributed by atoms with E-state index in [1.807, 2.05) is 24.3 Å². The van der Waals surface area contributed by atoms with Crippen LogP contribution in [0.1, 0.15) is 37.7 Å². The van der Waals surface area contributed by atoms with Crippen molar-refractivity contribution in [2.45, 2.75) is 50.2 Å². The van der Waals surface area contributed by atoms with Gasteiger partial charge in [-0.25, -0.2) is 4.79 Å². The molecule has 1 aromatic carbocycles. The molecule has 0 bridgehead atoms. The van der Waals surface area contributed by atoms with Crippen molar-refractivity contribution in [3.8, 4) is 5.75 Å². The van der Waals surface area contributed by atoms with Gasteiger partial charge >= 0.3 is 6.03 Å². The van der Waals surface area contributed by atoms with E-state index in [1.165, 1.54) is 0 Å². The highest BCUT2D eigenvalue weighted by Gasteiger charge is 2.48. The van der Waals surface area contributed by atoms with E-state index in [9.17, 15) is 9.59 Å². The maximum atomic E-state index is 12.3. The van der Waals surface area contributed by atoms with Crippen molar-refractivity contribution in [3.63, 3.8) is 0 Å². The third-order valence-corrected chi connectivity index (χ3v) is 5.04. The fraction of sp³-hybridized carbons (Fsp3) is 0.474. The molecule has 1 spiro atoms. The number of piperidine rings is 1. The van der Waals surface area contributed by atoms with Gasteiger partial charge in [0, 0.05) is 18.5 Å². The lowest BCUT2D eigenvalue weighted by atomic mass is 9.68. The third-order valence-electron chi connectivity index (χ3n) is 5.04. The van der Waals surface area contributed by atoms with Gasteiger partial charge in [0.15, 0.2) is 0 Å². The summed E-state index contributed by atoms with van der Waals surface area (Å²) < 4.78 is 5.60. The summed E-state index contributed by atoms with van der Waals surface area (Å²) >= 11 is 0. The van der Waals surface area contributed by atoms with Crippen molar-refractivity contribution in [2.24, 2.45) is 0 Å². The number of rotatable bonds is 6. The summed E-state index contributed by atoms with van der Waals surface area (Å²) in [5, 5.41) is 9.01. The van der Waals surface area contributed by atoms with Crippen molar-refractivity contribution in [3.05, 3.63) is 42.5 Å². The third kappa shape index (κ3) is 3.95. The van der Waals surface area contributed by atoms with E-state index >= 15 is 0 Å². The Labute approximate surface area is 148 Å². The Morgan fingerprint density at radius 1 is 1.40 bits per heavy atom. The van der Waals surface area contributed by atoms with Gasteiger partial charge in [-0.1, -0.05) is 30.9 Å². The van der Waals surface area contributed by atoms with E-state index in [1.54, 1.807) is 6.08 Å². The van der Waals surface area contributed by atoms with Crippen molar-refractivity contribution < 1.29 is 14.3 Å². The molecule has 1 atom stereocenters. The fourth-order valence-corrected chi connectivity index (χ4v) is 3.54. The van der Waals surface area contributed by atoms with Crippen LogP contribution < -0.4 is 20.7 Å². The molecule has 0 radical (unpaired) electrons. The molecular formula is C19H25N3O3. The highest BCUT2D eigenvalue weighted by Crippen LogP contribution is 2.38. The zero-order valence-corrected chi connectivity index (χ0v) is 14.3. The average Bonchev–Trinajstić information content (AvgIpc) is 2.59. The van der Waals surface area contributed by atoms with E-state index in [2.05, 4.69) is 22.5 Å². The molecule has 1 saturated carbocycles. The molecular weight excluding hydrogens is 318 g/mol. The molecule has 6 heteroatoms. The first-order chi connectivity index (χ1) is 12.1. The first-order valence-corrected chi connectivity index (χ1v) is 8.80. The zero-order chi connectivity index (χ0) is 17.7. The Hall–Kier alpha value is -2.50. The van der Waals surface area contributed by atoms with Crippen molar-refractivity contribution >= 4 is 11.9 Å². The molecule has 2 aliphatic rings. The van der Waals surface area contributed by atoms with Crippen LogP contribution in [0.3, 0.4) is 0 Å². The Kier molecular flexibility index (Phi) is 5.26. The van der Waals surface area contributed by atoms with E-state index in [0.29, 0.717) is 26.0 Å². The summed E-state index contributed by atoms with van der Waals surface area (Å²) in [5.41, 5.74) is 0.673. The maximum Gasteiger partial charge on any atom is 0.315 e. The molecule has 1 unspecified atom stereocenters. The fourth-order valence-electron chi connectivity index (χ4n) is 3.54. The molecule has 1 aliphatic heterocycles. The molecule has 1 aromatic rings. The number of carbonyl (C=O) groups is 2. The van der Waals surface area contributed by atoms with Crippen LogP contribution in [-0.2, 0) is 11.3 Å². The van der Waals surface area contributed by atoms with Crippen LogP contribution in [0.2, 0.25) is 0 Å². The van der Waals surface area contributed by atoms with Crippen molar-refractivity contribution in [1.29, 1.82) is 0 Å². The molecule has 1 saturated heterocycles. The van der Waals surface area contributed by atoms with Crippen LogP contribution in [0.15, 0.2) is 36.9 Å². The van der Waals surface area contributed by atoms with Crippen molar-refractivity contribution in [1.82, 2.24) is 16.0 Å². The van der Waals surface area contributed by atoms with Gasteiger partial charge in [-0.3, -0.25) is 4.79 Å². The van der Waals surface area contributed by atoms with E-state index in [4.69, 9.17) is 4.74 Å². The molecule has 0 aromatic heterocycles. The predicted octanol–water partition coefficient (Wildman–Crippen LogP) is 2.25. The zero-order valence-electron chi connectivity index (χ0n) is 14.3. The summed E-state index contributed by atoms with van der Waals surface area (Å²) in [6, 6.07) is 7.38. The van der Waals surface area contributed by atoms with E-state index < -0.39 is 0 Å². The molecule has 3 amide bonds. The topological polar surface area (TPSA) is 79.5 Å². The van der Waals surface area contributed by atoms with Crippen molar-refractivity contribution in [2.75, 3.05) is 6.61 Å². The second-order valence-electron chi connectivity index (χ2n) is 6.68. The lowest BCUT2D eigenvalue weighted by Gasteiger charge is -2.50. The minimum atomic E-state index is -0.238. The predicted molar refractivity (Wildman–Crippen MR) is 95.3 cm³/mol. The smallest absolute Gasteiger partial charge is 0.315 e. The summed E-state index contributed by atoms with van der Waals surface area (Å²) in [4.78, 5) is 24.0. The Bertz CT molecular complexity index is 655. The largest absolute Gasteiger partial charge is 0.489 e. The number of urea groups is 1. The van der Waals surface area contributed by atoms with Crippen LogP contribution in [0.25, 0.3) is 0 Å². The number of hydrogen-bond donors (Lipinski definition) is 3. The van der Waals surface area contributed by atoms with E-state index in [0.717, 1.165) is 30.6 Å². The van der Waals surface area contributed by atoms with Gasteiger partial charge in [0.2, 0.25) is 5.91 Å². The minimum absolute atomic E-state index is 0.00814. The monoisotopic (exact) mass is 343 g/mol. The Morgan fingerprint density at radius 3 is 2.92 bits per heavy atom. The highest BCUT2D eigenvalue weighted by molar-refractivity contribution is 5.80. The van der Waals surface area contributed by atoms with Gasteiger partial charge in [0.1, 0.15) is 12.4 Å². The summed E-state index contributed by atoms with van der Waals surface area (Å²) in [7, 11) is 0. The normalized spacial score (nSPS) is 21.0. The molecule has 134 valence electrons.